The fourth-order valence-electron chi connectivity index (χ4n) is 2.64. The highest BCUT2D eigenvalue weighted by atomic mass is 32.2. The summed E-state index contributed by atoms with van der Waals surface area (Å²) in [5.41, 5.74) is 0.422. The van der Waals surface area contributed by atoms with E-state index in [-0.39, 0.29) is 22.9 Å². The lowest BCUT2D eigenvalue weighted by atomic mass is 10.2. The third-order valence-corrected chi connectivity index (χ3v) is 5.76. The molecule has 0 unspecified atom stereocenters. The van der Waals surface area contributed by atoms with Crippen LogP contribution in [0.25, 0.3) is 0 Å². The molecule has 24 heavy (non-hydrogen) atoms. The number of amides is 1. The number of nitrogens with one attached hydrogen (secondary N) is 2. The van der Waals surface area contributed by atoms with Gasteiger partial charge in [-0.1, -0.05) is 0 Å². The molecule has 1 aromatic rings. The van der Waals surface area contributed by atoms with E-state index in [2.05, 4.69) is 10.6 Å². The van der Waals surface area contributed by atoms with Crippen molar-refractivity contribution in [3.8, 4) is 0 Å². The van der Waals surface area contributed by atoms with Crippen molar-refractivity contribution in [1.82, 2.24) is 14.9 Å². The second kappa shape index (κ2) is 8.06. The van der Waals surface area contributed by atoms with E-state index in [1.54, 1.807) is 7.11 Å². The number of nitrogens with zero attached hydrogens (tertiary/aromatic N) is 1. The number of ether oxygens (including phenoxy) is 1. The lowest BCUT2D eigenvalue weighted by molar-refractivity contribution is 0.0905. The summed E-state index contributed by atoms with van der Waals surface area (Å²) in [6.07, 6.45) is 0. The van der Waals surface area contributed by atoms with Gasteiger partial charge in [0.2, 0.25) is 10.0 Å². The van der Waals surface area contributed by atoms with Crippen LogP contribution in [0.2, 0.25) is 0 Å². The summed E-state index contributed by atoms with van der Waals surface area (Å²) in [7, 11) is -1.96. The van der Waals surface area contributed by atoms with Crippen LogP contribution in [0.3, 0.4) is 0 Å². The monoisotopic (exact) mass is 355 g/mol. The fourth-order valence-corrected chi connectivity index (χ4v) is 4.17. The molecule has 8 heteroatoms. The maximum atomic E-state index is 12.7. The van der Waals surface area contributed by atoms with Gasteiger partial charge in [0.15, 0.2) is 0 Å². The van der Waals surface area contributed by atoms with Crippen LogP contribution >= 0.6 is 0 Å². The number of piperazine rings is 1. The molecule has 2 atom stereocenters. The Balaban J connectivity index is 2.09. The average molecular weight is 355 g/mol. The van der Waals surface area contributed by atoms with Crippen LogP contribution in [-0.2, 0) is 14.8 Å². The van der Waals surface area contributed by atoms with Crippen LogP contribution in [-0.4, -0.2) is 64.1 Å². The van der Waals surface area contributed by atoms with E-state index >= 15 is 0 Å². The SMILES string of the molecule is COC[C@H](C)NC(=O)c1ccc(S(=O)(=O)N2CCN[C@H](C)C2)cc1. The van der Waals surface area contributed by atoms with Crippen molar-refractivity contribution in [2.75, 3.05) is 33.4 Å². The van der Waals surface area contributed by atoms with Crippen LogP contribution in [0.1, 0.15) is 24.2 Å². The average Bonchev–Trinajstić information content (AvgIpc) is 2.55. The Morgan fingerprint density at radius 2 is 2.08 bits per heavy atom. The maximum absolute atomic E-state index is 12.7. The topological polar surface area (TPSA) is 87.7 Å². The molecule has 1 amide bonds. The van der Waals surface area contributed by atoms with E-state index < -0.39 is 10.0 Å². The second-order valence-corrected chi connectivity index (χ2v) is 8.01. The molecule has 0 aliphatic carbocycles. The highest BCUT2D eigenvalue weighted by Gasteiger charge is 2.28. The predicted octanol–water partition coefficient (Wildman–Crippen LogP) is 0.434. The Morgan fingerprint density at radius 1 is 1.42 bits per heavy atom. The summed E-state index contributed by atoms with van der Waals surface area (Å²) in [5, 5.41) is 6.01. The number of carbonyl (C=O) groups is 1. The van der Waals surface area contributed by atoms with Gasteiger partial charge < -0.3 is 15.4 Å². The standard InChI is InChI=1S/C16H25N3O4S/c1-12-10-19(9-8-17-12)24(21,22)15-6-4-14(5-7-15)16(20)18-13(2)11-23-3/h4-7,12-13,17H,8-11H2,1-3H3,(H,18,20)/t12-,13+/m1/s1. The molecular weight excluding hydrogens is 330 g/mol. The van der Waals surface area contributed by atoms with Gasteiger partial charge in [-0.25, -0.2) is 8.42 Å². The minimum Gasteiger partial charge on any atom is -0.383 e. The lowest BCUT2D eigenvalue weighted by Gasteiger charge is -2.31. The van der Waals surface area contributed by atoms with Crippen LogP contribution in [0.15, 0.2) is 29.2 Å². The van der Waals surface area contributed by atoms with Gasteiger partial charge in [-0.2, -0.15) is 4.31 Å². The Hall–Kier alpha value is -1.48. The molecule has 0 aromatic heterocycles. The van der Waals surface area contributed by atoms with Crippen molar-refractivity contribution in [3.63, 3.8) is 0 Å². The third-order valence-electron chi connectivity index (χ3n) is 3.88. The van der Waals surface area contributed by atoms with E-state index in [1.165, 1.54) is 28.6 Å². The number of methoxy groups -OCH3 is 1. The van der Waals surface area contributed by atoms with Crippen molar-refractivity contribution in [2.45, 2.75) is 30.8 Å². The van der Waals surface area contributed by atoms with Crippen molar-refractivity contribution < 1.29 is 17.9 Å². The van der Waals surface area contributed by atoms with E-state index in [9.17, 15) is 13.2 Å². The second-order valence-electron chi connectivity index (χ2n) is 6.07. The molecule has 1 saturated heterocycles. The van der Waals surface area contributed by atoms with Crippen molar-refractivity contribution in [1.29, 1.82) is 0 Å². The summed E-state index contributed by atoms with van der Waals surface area (Å²) in [4.78, 5) is 12.3. The Morgan fingerprint density at radius 3 is 2.67 bits per heavy atom. The maximum Gasteiger partial charge on any atom is 0.251 e. The summed E-state index contributed by atoms with van der Waals surface area (Å²) in [6, 6.07) is 6.05. The fraction of sp³-hybridized carbons (Fsp3) is 0.562. The molecule has 134 valence electrons. The normalized spacial score (nSPS) is 20.5. The van der Waals surface area contributed by atoms with Crippen LogP contribution in [0.5, 0.6) is 0 Å². The summed E-state index contributed by atoms with van der Waals surface area (Å²) in [5.74, 6) is -0.251. The highest BCUT2D eigenvalue weighted by molar-refractivity contribution is 7.89. The molecule has 0 saturated carbocycles. The largest absolute Gasteiger partial charge is 0.383 e. The zero-order valence-electron chi connectivity index (χ0n) is 14.3. The lowest BCUT2D eigenvalue weighted by Crippen LogP contribution is -2.51. The third kappa shape index (κ3) is 4.54. The van der Waals surface area contributed by atoms with Crippen LogP contribution < -0.4 is 10.6 Å². The number of hydrogen-bond acceptors (Lipinski definition) is 5. The van der Waals surface area contributed by atoms with Gasteiger partial charge >= 0.3 is 0 Å². The Labute approximate surface area is 143 Å². The van der Waals surface area contributed by atoms with E-state index in [0.29, 0.717) is 31.8 Å². The quantitative estimate of drug-likeness (QED) is 0.773. The minimum atomic E-state index is -3.53. The molecule has 1 aliphatic rings. The molecule has 2 rings (SSSR count). The van der Waals surface area contributed by atoms with Crippen LogP contribution in [0.4, 0.5) is 0 Å². The van der Waals surface area contributed by atoms with E-state index in [4.69, 9.17) is 4.74 Å². The van der Waals surface area contributed by atoms with Gasteiger partial charge in [0.25, 0.3) is 5.91 Å². The first-order valence-corrected chi connectivity index (χ1v) is 9.42. The molecule has 7 nitrogen and oxygen atoms in total. The predicted molar refractivity (Wildman–Crippen MR) is 91.5 cm³/mol. The van der Waals surface area contributed by atoms with Crippen molar-refractivity contribution in [2.24, 2.45) is 0 Å². The summed E-state index contributed by atoms with van der Waals surface area (Å²) < 4.78 is 31.8. The number of hydrogen-bond donors (Lipinski definition) is 2. The Bertz CT molecular complexity index is 660. The number of rotatable bonds is 6. The molecule has 0 radical (unpaired) electrons. The molecule has 1 aromatic carbocycles. The summed E-state index contributed by atoms with van der Waals surface area (Å²) in [6.45, 7) is 5.74. The molecule has 1 fully saturated rings. The Kier molecular flexibility index (Phi) is 6.34. The number of benzene rings is 1. The first-order valence-electron chi connectivity index (χ1n) is 7.98. The van der Waals surface area contributed by atoms with Gasteiger partial charge in [0, 0.05) is 44.4 Å². The molecule has 0 bridgehead atoms. The van der Waals surface area contributed by atoms with Gasteiger partial charge in [-0.05, 0) is 38.1 Å². The zero-order chi connectivity index (χ0) is 17.7. The summed E-state index contributed by atoms with van der Waals surface area (Å²) >= 11 is 0. The van der Waals surface area contributed by atoms with Gasteiger partial charge in [0.05, 0.1) is 11.5 Å². The van der Waals surface area contributed by atoms with E-state index in [0.717, 1.165) is 0 Å². The van der Waals surface area contributed by atoms with Gasteiger partial charge in [-0.15, -0.1) is 0 Å². The number of sulfonamides is 1. The first-order chi connectivity index (χ1) is 11.3. The van der Waals surface area contributed by atoms with E-state index in [1.807, 2.05) is 13.8 Å². The number of carbonyl (C=O) groups excluding carboxylic acids is 1. The zero-order valence-corrected chi connectivity index (χ0v) is 15.1. The van der Waals surface area contributed by atoms with Gasteiger partial charge in [0.1, 0.15) is 0 Å². The van der Waals surface area contributed by atoms with Crippen molar-refractivity contribution in [3.05, 3.63) is 29.8 Å². The highest BCUT2D eigenvalue weighted by Crippen LogP contribution is 2.18. The van der Waals surface area contributed by atoms with Crippen LogP contribution in [0, 0.1) is 0 Å². The molecule has 2 N–H and O–H groups in total. The molecular formula is C16H25N3O4S. The van der Waals surface area contributed by atoms with Gasteiger partial charge in [-0.3, -0.25) is 4.79 Å². The minimum absolute atomic E-state index is 0.117. The first kappa shape index (κ1) is 18.9. The molecule has 1 aliphatic heterocycles. The smallest absolute Gasteiger partial charge is 0.251 e. The molecule has 0 spiro atoms. The van der Waals surface area contributed by atoms with Crippen molar-refractivity contribution >= 4 is 15.9 Å². The molecule has 1 heterocycles.